The zero-order valence-corrected chi connectivity index (χ0v) is 12.7. The molecule has 1 aromatic carbocycles. The number of rotatable bonds is 1. The number of benzene rings is 1. The fourth-order valence-electron chi connectivity index (χ4n) is 3.24. The molecule has 1 amide bonds. The van der Waals surface area contributed by atoms with Crippen LogP contribution in [0.5, 0.6) is 0 Å². The number of ketones is 1. The maximum absolute atomic E-state index is 12.3. The first-order chi connectivity index (χ1) is 9.42. The van der Waals surface area contributed by atoms with Crippen molar-refractivity contribution in [1.29, 1.82) is 0 Å². The van der Waals surface area contributed by atoms with Crippen LogP contribution in [0.1, 0.15) is 31.7 Å². The minimum Gasteiger partial charge on any atom is -0.375 e. The first-order valence-electron chi connectivity index (χ1n) is 6.79. The predicted molar refractivity (Wildman–Crippen MR) is 78.2 cm³/mol. The largest absolute Gasteiger partial charge is 0.375 e. The summed E-state index contributed by atoms with van der Waals surface area (Å²) in [4.78, 5) is 24.5. The standard InChI is InChI=1S/C15H16BrNO3/c1-8-2-5-13(18)11(6-8)15(20)10-7-9(16)3-4-12(10)17-14(15)19/h3-4,7-8,11,20H,2,5-6H2,1H3,(H,17,19)/t8-,11+,15-/m1/s1. The van der Waals surface area contributed by atoms with E-state index in [0.29, 0.717) is 30.0 Å². The van der Waals surface area contributed by atoms with E-state index in [4.69, 9.17) is 0 Å². The first-order valence-corrected chi connectivity index (χ1v) is 7.58. The molecule has 1 saturated carbocycles. The maximum Gasteiger partial charge on any atom is 0.261 e. The van der Waals surface area contributed by atoms with Crippen molar-refractivity contribution in [3.05, 3.63) is 28.2 Å². The monoisotopic (exact) mass is 337 g/mol. The highest BCUT2D eigenvalue weighted by atomic mass is 79.9. The fourth-order valence-corrected chi connectivity index (χ4v) is 3.61. The second kappa shape index (κ2) is 4.67. The van der Waals surface area contributed by atoms with Gasteiger partial charge in [-0.3, -0.25) is 9.59 Å². The third-order valence-electron chi connectivity index (χ3n) is 4.40. The SMILES string of the molecule is C[C@@H]1CCC(=O)[C@@H]([C@@]2(O)C(=O)Nc3ccc(Br)cc32)C1. The molecule has 1 aromatic rings. The number of carbonyl (C=O) groups excluding carboxylic acids is 2. The number of carbonyl (C=O) groups is 2. The van der Waals surface area contributed by atoms with Crippen LogP contribution < -0.4 is 5.32 Å². The fraction of sp³-hybridized carbons (Fsp3) is 0.467. The molecule has 1 aliphatic carbocycles. The number of amides is 1. The van der Waals surface area contributed by atoms with E-state index < -0.39 is 17.4 Å². The van der Waals surface area contributed by atoms with Gasteiger partial charge in [0.1, 0.15) is 5.78 Å². The molecule has 0 spiro atoms. The Labute approximate surface area is 125 Å². The number of halogens is 1. The Morgan fingerprint density at radius 3 is 2.90 bits per heavy atom. The average molecular weight is 338 g/mol. The summed E-state index contributed by atoms with van der Waals surface area (Å²) in [6.07, 6.45) is 1.82. The number of hydrogen-bond acceptors (Lipinski definition) is 3. The van der Waals surface area contributed by atoms with Crippen molar-refractivity contribution in [1.82, 2.24) is 0 Å². The van der Waals surface area contributed by atoms with Crippen LogP contribution in [0, 0.1) is 11.8 Å². The van der Waals surface area contributed by atoms with Crippen molar-refractivity contribution in [3.8, 4) is 0 Å². The van der Waals surface area contributed by atoms with E-state index in [9.17, 15) is 14.7 Å². The Morgan fingerprint density at radius 1 is 1.40 bits per heavy atom. The number of anilines is 1. The quantitative estimate of drug-likeness (QED) is 0.827. The summed E-state index contributed by atoms with van der Waals surface area (Å²) in [6.45, 7) is 2.05. The van der Waals surface area contributed by atoms with Crippen LogP contribution in [0.25, 0.3) is 0 Å². The van der Waals surface area contributed by atoms with Gasteiger partial charge in [0.15, 0.2) is 5.60 Å². The highest BCUT2D eigenvalue weighted by Gasteiger charge is 2.54. The molecule has 2 N–H and O–H groups in total. The molecule has 1 fully saturated rings. The molecule has 0 radical (unpaired) electrons. The lowest BCUT2D eigenvalue weighted by Crippen LogP contribution is -2.47. The molecule has 5 heteroatoms. The number of aliphatic hydroxyl groups is 1. The van der Waals surface area contributed by atoms with Crippen molar-refractivity contribution in [3.63, 3.8) is 0 Å². The molecule has 0 bridgehead atoms. The molecule has 3 atom stereocenters. The molecule has 2 aliphatic rings. The van der Waals surface area contributed by atoms with Gasteiger partial charge in [0.25, 0.3) is 5.91 Å². The van der Waals surface area contributed by atoms with E-state index in [2.05, 4.69) is 28.2 Å². The highest BCUT2D eigenvalue weighted by Crippen LogP contribution is 2.46. The molecule has 0 unspecified atom stereocenters. The Balaban J connectivity index is 2.09. The Hall–Kier alpha value is -1.20. The van der Waals surface area contributed by atoms with Crippen LogP contribution in [-0.4, -0.2) is 16.8 Å². The minimum absolute atomic E-state index is 0.0198. The average Bonchev–Trinajstić information content (AvgIpc) is 2.66. The number of Topliss-reactive ketones (excluding diaryl/α,β-unsaturated/α-hetero) is 1. The smallest absolute Gasteiger partial charge is 0.261 e. The third-order valence-corrected chi connectivity index (χ3v) is 4.89. The van der Waals surface area contributed by atoms with E-state index in [1.54, 1.807) is 18.2 Å². The van der Waals surface area contributed by atoms with E-state index in [-0.39, 0.29) is 5.78 Å². The molecule has 3 rings (SSSR count). The van der Waals surface area contributed by atoms with Gasteiger partial charge in [0.2, 0.25) is 0 Å². The summed E-state index contributed by atoms with van der Waals surface area (Å²) >= 11 is 3.35. The van der Waals surface area contributed by atoms with Crippen LogP contribution in [0.3, 0.4) is 0 Å². The normalized spacial score (nSPS) is 33.0. The van der Waals surface area contributed by atoms with E-state index in [1.165, 1.54) is 0 Å². The second-order valence-electron chi connectivity index (χ2n) is 5.81. The summed E-state index contributed by atoms with van der Waals surface area (Å²) in [6, 6.07) is 5.27. The molecule has 4 nitrogen and oxygen atoms in total. The van der Waals surface area contributed by atoms with Crippen molar-refractivity contribution < 1.29 is 14.7 Å². The molecule has 1 aliphatic heterocycles. The van der Waals surface area contributed by atoms with Gasteiger partial charge in [-0.05, 0) is 37.0 Å². The van der Waals surface area contributed by atoms with Gasteiger partial charge in [0, 0.05) is 22.1 Å². The van der Waals surface area contributed by atoms with Gasteiger partial charge in [-0.15, -0.1) is 0 Å². The zero-order chi connectivity index (χ0) is 14.5. The lowest BCUT2D eigenvalue weighted by atomic mass is 9.70. The Morgan fingerprint density at radius 2 is 2.15 bits per heavy atom. The van der Waals surface area contributed by atoms with Crippen molar-refractivity contribution in [2.45, 2.75) is 31.8 Å². The van der Waals surface area contributed by atoms with Crippen LogP contribution in [0.4, 0.5) is 5.69 Å². The Bertz CT molecular complexity index is 601. The van der Waals surface area contributed by atoms with Crippen molar-refractivity contribution in [2.24, 2.45) is 11.8 Å². The van der Waals surface area contributed by atoms with E-state index in [0.717, 1.165) is 10.9 Å². The van der Waals surface area contributed by atoms with Gasteiger partial charge < -0.3 is 10.4 Å². The van der Waals surface area contributed by atoms with Gasteiger partial charge in [-0.2, -0.15) is 0 Å². The van der Waals surface area contributed by atoms with Crippen LogP contribution in [0.2, 0.25) is 0 Å². The number of hydrogen-bond donors (Lipinski definition) is 2. The third kappa shape index (κ3) is 1.91. The molecular formula is C15H16BrNO3. The summed E-state index contributed by atoms with van der Waals surface area (Å²) < 4.78 is 0.780. The van der Waals surface area contributed by atoms with E-state index in [1.807, 2.05) is 0 Å². The Kier molecular flexibility index (Phi) is 3.21. The maximum atomic E-state index is 12.3. The second-order valence-corrected chi connectivity index (χ2v) is 6.72. The van der Waals surface area contributed by atoms with E-state index >= 15 is 0 Å². The molecule has 0 aromatic heterocycles. The number of nitrogens with one attached hydrogen (secondary N) is 1. The molecule has 20 heavy (non-hydrogen) atoms. The molecule has 0 saturated heterocycles. The first kappa shape index (κ1) is 13.8. The summed E-state index contributed by atoms with van der Waals surface area (Å²) in [5.74, 6) is -0.820. The highest BCUT2D eigenvalue weighted by molar-refractivity contribution is 9.10. The van der Waals surface area contributed by atoms with Crippen molar-refractivity contribution >= 4 is 33.3 Å². The topological polar surface area (TPSA) is 66.4 Å². The predicted octanol–water partition coefficient (Wildman–Crippen LogP) is 2.59. The van der Waals surface area contributed by atoms with Crippen LogP contribution in [-0.2, 0) is 15.2 Å². The summed E-state index contributed by atoms with van der Waals surface area (Å²) in [7, 11) is 0. The zero-order valence-electron chi connectivity index (χ0n) is 11.1. The number of fused-ring (bicyclic) bond motifs is 1. The molecule has 1 heterocycles. The van der Waals surface area contributed by atoms with Crippen molar-refractivity contribution in [2.75, 3.05) is 5.32 Å². The minimum atomic E-state index is -1.73. The van der Waals surface area contributed by atoms with Crippen LogP contribution >= 0.6 is 15.9 Å². The van der Waals surface area contributed by atoms with Gasteiger partial charge in [0.05, 0.1) is 5.92 Å². The summed E-state index contributed by atoms with van der Waals surface area (Å²) in [5, 5.41) is 13.7. The molecule has 106 valence electrons. The lowest BCUT2D eigenvalue weighted by Gasteiger charge is -2.35. The summed E-state index contributed by atoms with van der Waals surface area (Å²) in [5.41, 5.74) is -0.638. The van der Waals surface area contributed by atoms with Gasteiger partial charge >= 0.3 is 0 Å². The lowest BCUT2D eigenvalue weighted by molar-refractivity contribution is -0.151. The molecular weight excluding hydrogens is 322 g/mol. The van der Waals surface area contributed by atoms with Crippen LogP contribution in [0.15, 0.2) is 22.7 Å². The van der Waals surface area contributed by atoms with Gasteiger partial charge in [-0.1, -0.05) is 22.9 Å². The van der Waals surface area contributed by atoms with Gasteiger partial charge in [-0.25, -0.2) is 0 Å².